The van der Waals surface area contributed by atoms with Crippen LogP contribution >= 0.6 is 0 Å². The first-order valence-corrected chi connectivity index (χ1v) is 1.84. The van der Waals surface area contributed by atoms with Gasteiger partial charge in [0, 0.05) is 32.7 Å². The first-order valence-electron chi connectivity index (χ1n) is 1.84. The number of hydrogen-bond donors (Lipinski definition) is 0. The van der Waals surface area contributed by atoms with Gasteiger partial charge in [0.1, 0.15) is 0 Å². The standard InChI is InChI=1S/C3F6O.Y/c4-2(5,6)1(10)3(7,8)9;. The fourth-order valence-electron chi connectivity index (χ4n) is 0.161. The van der Waals surface area contributed by atoms with Crippen LogP contribution < -0.4 is 0 Å². The molecule has 0 saturated carbocycles. The van der Waals surface area contributed by atoms with Crippen LogP contribution in [-0.4, -0.2) is 18.1 Å². The first-order chi connectivity index (χ1) is 4.15. The average molecular weight is 255 g/mol. The SMILES string of the molecule is O=C(C(F)(F)F)C(F)(F)F.[Y]. The van der Waals surface area contributed by atoms with Gasteiger partial charge in [0.2, 0.25) is 0 Å². The number of hydrogen-bond acceptors (Lipinski definition) is 1. The minimum Gasteiger partial charge on any atom is -0.279 e. The van der Waals surface area contributed by atoms with E-state index in [1.54, 1.807) is 0 Å². The van der Waals surface area contributed by atoms with Gasteiger partial charge in [0.15, 0.2) is 0 Å². The van der Waals surface area contributed by atoms with Crippen molar-refractivity contribution in [2.24, 2.45) is 0 Å². The monoisotopic (exact) mass is 255 g/mol. The molecule has 0 rings (SSSR count). The zero-order valence-corrected chi connectivity index (χ0v) is 7.59. The number of carbonyl (C=O) groups excluding carboxylic acids is 1. The molecule has 0 atom stereocenters. The Labute approximate surface area is 82.0 Å². The molecule has 0 aromatic carbocycles. The predicted octanol–water partition coefficient (Wildman–Crippen LogP) is 1.68. The second kappa shape index (κ2) is 3.84. The molecule has 1 nitrogen and oxygen atoms in total. The summed E-state index contributed by atoms with van der Waals surface area (Å²) < 4.78 is 65.3. The van der Waals surface area contributed by atoms with E-state index >= 15 is 0 Å². The van der Waals surface area contributed by atoms with Gasteiger partial charge in [-0.15, -0.1) is 0 Å². The molecule has 0 aliphatic rings. The van der Waals surface area contributed by atoms with E-state index in [1.807, 2.05) is 0 Å². The number of halogens is 6. The summed E-state index contributed by atoms with van der Waals surface area (Å²) in [5, 5.41) is 0. The van der Waals surface area contributed by atoms with Crippen molar-refractivity contribution in [1.82, 2.24) is 0 Å². The Morgan fingerprint density at radius 3 is 1.00 bits per heavy atom. The van der Waals surface area contributed by atoms with Gasteiger partial charge in [-0.05, 0) is 0 Å². The molecule has 0 N–H and O–H groups in total. The summed E-state index contributed by atoms with van der Waals surface area (Å²) in [4.78, 5) is 9.24. The average Bonchev–Trinajstić information content (AvgIpc) is 1.59. The molecule has 0 aliphatic carbocycles. The second-order valence-electron chi connectivity index (χ2n) is 1.32. The number of carbonyl (C=O) groups is 1. The molecular weight excluding hydrogens is 255 g/mol. The van der Waals surface area contributed by atoms with Crippen molar-refractivity contribution in [3.05, 3.63) is 0 Å². The molecule has 0 fully saturated rings. The Balaban J connectivity index is 0. The minimum atomic E-state index is -5.82. The molecular formula is C3F6OY. The van der Waals surface area contributed by atoms with Gasteiger partial charge in [0.25, 0.3) is 0 Å². The maximum absolute atomic E-state index is 10.9. The maximum Gasteiger partial charge on any atom is 0.459 e. The van der Waals surface area contributed by atoms with Gasteiger partial charge in [-0.25, -0.2) is 0 Å². The van der Waals surface area contributed by atoms with Crippen LogP contribution in [-0.2, 0) is 37.5 Å². The van der Waals surface area contributed by atoms with Gasteiger partial charge in [0.05, 0.1) is 0 Å². The third kappa shape index (κ3) is 4.73. The van der Waals surface area contributed by atoms with Crippen molar-refractivity contribution in [2.45, 2.75) is 12.4 Å². The molecule has 0 aromatic heterocycles. The summed E-state index contributed by atoms with van der Waals surface area (Å²) in [6.45, 7) is 0. The van der Waals surface area contributed by atoms with Crippen LogP contribution in [0.3, 0.4) is 0 Å². The molecule has 0 aliphatic heterocycles. The van der Waals surface area contributed by atoms with E-state index in [1.165, 1.54) is 0 Å². The summed E-state index contributed by atoms with van der Waals surface area (Å²) in [7, 11) is 0. The van der Waals surface area contributed by atoms with E-state index in [0.29, 0.717) is 0 Å². The predicted molar refractivity (Wildman–Crippen MR) is 17.1 cm³/mol. The van der Waals surface area contributed by atoms with Crippen LogP contribution in [0.15, 0.2) is 0 Å². The smallest absolute Gasteiger partial charge is 0.279 e. The van der Waals surface area contributed by atoms with E-state index in [0.717, 1.165) is 0 Å². The van der Waals surface area contributed by atoms with E-state index in [9.17, 15) is 31.1 Å². The van der Waals surface area contributed by atoms with Crippen molar-refractivity contribution in [3.8, 4) is 0 Å². The molecule has 8 heteroatoms. The molecule has 63 valence electrons. The van der Waals surface area contributed by atoms with Crippen LogP contribution in [0.4, 0.5) is 26.3 Å². The first kappa shape index (κ1) is 13.9. The van der Waals surface area contributed by atoms with Crippen molar-refractivity contribution in [1.29, 1.82) is 0 Å². The zero-order chi connectivity index (χ0) is 8.58. The summed E-state index contributed by atoms with van der Waals surface area (Å²) in [5.41, 5.74) is 0. The van der Waals surface area contributed by atoms with Crippen molar-refractivity contribution < 1.29 is 63.8 Å². The van der Waals surface area contributed by atoms with Gasteiger partial charge < -0.3 is 0 Å². The Morgan fingerprint density at radius 2 is 1.00 bits per heavy atom. The molecule has 0 heterocycles. The molecule has 0 aromatic rings. The summed E-state index contributed by atoms with van der Waals surface area (Å²) >= 11 is 0. The molecule has 0 bridgehead atoms. The summed E-state index contributed by atoms with van der Waals surface area (Å²) in [6.07, 6.45) is -11.6. The number of Topliss-reactive ketones (excluding diaryl/α,β-unsaturated/α-hetero) is 1. The number of alkyl halides is 6. The van der Waals surface area contributed by atoms with Crippen LogP contribution in [0.1, 0.15) is 0 Å². The molecule has 11 heavy (non-hydrogen) atoms. The van der Waals surface area contributed by atoms with E-state index in [2.05, 4.69) is 0 Å². The normalized spacial score (nSPS) is 12.2. The maximum atomic E-state index is 10.9. The summed E-state index contributed by atoms with van der Waals surface area (Å²) in [5.74, 6) is -3.68. The fraction of sp³-hybridized carbons (Fsp3) is 0.667. The van der Waals surface area contributed by atoms with E-state index in [4.69, 9.17) is 0 Å². The largest absolute Gasteiger partial charge is 0.459 e. The molecule has 0 spiro atoms. The minimum absolute atomic E-state index is 0. The van der Waals surface area contributed by atoms with Crippen molar-refractivity contribution in [2.75, 3.05) is 0 Å². The molecule has 0 unspecified atom stereocenters. The Hall–Kier alpha value is 0.354. The van der Waals surface area contributed by atoms with Gasteiger partial charge in [-0.2, -0.15) is 26.3 Å². The summed E-state index contributed by atoms with van der Waals surface area (Å²) in [6, 6.07) is 0. The third-order valence-corrected chi connectivity index (χ3v) is 0.515. The topological polar surface area (TPSA) is 17.1 Å². The molecule has 0 saturated heterocycles. The quantitative estimate of drug-likeness (QED) is 0.602. The Bertz CT molecular complexity index is 129. The van der Waals surface area contributed by atoms with Crippen molar-refractivity contribution >= 4 is 5.78 Å². The zero-order valence-electron chi connectivity index (χ0n) is 4.75. The van der Waals surface area contributed by atoms with Crippen LogP contribution in [0, 0.1) is 0 Å². The number of ketones is 1. The van der Waals surface area contributed by atoms with Crippen molar-refractivity contribution in [3.63, 3.8) is 0 Å². The van der Waals surface area contributed by atoms with E-state index in [-0.39, 0.29) is 32.7 Å². The van der Waals surface area contributed by atoms with Gasteiger partial charge in [-0.1, -0.05) is 0 Å². The Morgan fingerprint density at radius 1 is 0.818 bits per heavy atom. The van der Waals surface area contributed by atoms with Gasteiger partial charge >= 0.3 is 18.1 Å². The Kier molecular flexibility index (Phi) is 4.86. The van der Waals surface area contributed by atoms with Crippen LogP contribution in [0.25, 0.3) is 0 Å². The fourth-order valence-corrected chi connectivity index (χ4v) is 0.161. The molecule has 1 radical (unpaired) electrons. The second-order valence-corrected chi connectivity index (χ2v) is 1.32. The van der Waals surface area contributed by atoms with Crippen LogP contribution in [0.2, 0.25) is 0 Å². The number of rotatable bonds is 0. The third-order valence-electron chi connectivity index (χ3n) is 0.515. The molecule has 0 amide bonds. The van der Waals surface area contributed by atoms with Gasteiger partial charge in [-0.3, -0.25) is 4.79 Å². The van der Waals surface area contributed by atoms with E-state index < -0.39 is 18.1 Å². The van der Waals surface area contributed by atoms with Crippen LogP contribution in [0.5, 0.6) is 0 Å².